The maximum absolute atomic E-state index is 13.6. The average Bonchev–Trinajstić information content (AvgIpc) is 2.93. The lowest BCUT2D eigenvalue weighted by Gasteiger charge is -2.24. The van der Waals surface area contributed by atoms with Crippen molar-refractivity contribution in [2.75, 3.05) is 27.6 Å². The summed E-state index contributed by atoms with van der Waals surface area (Å²) in [7, 11) is 1.33. The maximum atomic E-state index is 13.6. The molecule has 202 valence electrons. The van der Waals surface area contributed by atoms with Gasteiger partial charge in [-0.3, -0.25) is 4.79 Å². The normalized spacial score (nSPS) is 12.1. The number of amides is 1. The third-order valence-electron chi connectivity index (χ3n) is 5.75. The van der Waals surface area contributed by atoms with Crippen LogP contribution in [0.15, 0.2) is 65.6 Å². The zero-order chi connectivity index (χ0) is 27.7. The van der Waals surface area contributed by atoms with Crippen molar-refractivity contribution in [2.45, 2.75) is 23.8 Å². The molecular formula is C26H28IN2O6PS2. The SMILES string of the molecule is COc1ccc(C(NS(=O)(=O)c2ccccc2I)c2cc(CCC(=O)NCP=S)c(OC)cc2OC)cc1. The molecule has 0 aliphatic heterocycles. The number of sulfonamides is 1. The van der Waals surface area contributed by atoms with Crippen LogP contribution in [0, 0.1) is 3.57 Å². The molecule has 0 saturated carbocycles. The molecule has 3 rings (SSSR count). The number of carbonyl (C=O) groups is 1. The van der Waals surface area contributed by atoms with Crippen LogP contribution in [-0.2, 0) is 33.0 Å². The quantitative estimate of drug-likeness (QED) is 0.197. The van der Waals surface area contributed by atoms with Gasteiger partial charge in [-0.15, -0.1) is 0 Å². The fourth-order valence-corrected chi connectivity index (χ4v) is 6.83. The second-order valence-electron chi connectivity index (χ2n) is 8.05. The molecular weight excluding hydrogens is 658 g/mol. The summed E-state index contributed by atoms with van der Waals surface area (Å²) in [5, 5.41) is 2.77. The lowest BCUT2D eigenvalue weighted by Crippen LogP contribution is -2.30. The van der Waals surface area contributed by atoms with Crippen molar-refractivity contribution in [1.82, 2.24) is 10.0 Å². The molecule has 0 bridgehead atoms. The van der Waals surface area contributed by atoms with Gasteiger partial charge in [-0.05, 0) is 77.8 Å². The maximum Gasteiger partial charge on any atom is 0.242 e. The molecule has 8 nitrogen and oxygen atoms in total. The van der Waals surface area contributed by atoms with E-state index >= 15 is 0 Å². The number of rotatable bonds is 13. The zero-order valence-corrected chi connectivity index (χ0v) is 25.7. The molecule has 0 heterocycles. The van der Waals surface area contributed by atoms with E-state index in [1.807, 2.05) is 28.7 Å². The van der Waals surface area contributed by atoms with Gasteiger partial charge >= 0.3 is 0 Å². The van der Waals surface area contributed by atoms with Crippen LogP contribution >= 0.6 is 29.9 Å². The molecule has 0 fully saturated rings. The predicted molar refractivity (Wildman–Crippen MR) is 159 cm³/mol. The summed E-state index contributed by atoms with van der Waals surface area (Å²) < 4.78 is 47.2. The van der Waals surface area contributed by atoms with Crippen molar-refractivity contribution in [3.8, 4) is 17.2 Å². The van der Waals surface area contributed by atoms with Crippen LogP contribution in [0.5, 0.6) is 17.2 Å². The number of hydrogen-bond acceptors (Lipinski definition) is 7. The topological polar surface area (TPSA) is 103 Å². The fraction of sp³-hybridized carbons (Fsp3) is 0.269. The van der Waals surface area contributed by atoms with Crippen LogP contribution < -0.4 is 24.2 Å². The molecule has 0 aliphatic rings. The second-order valence-corrected chi connectivity index (χ2v) is 12.2. The van der Waals surface area contributed by atoms with E-state index in [0.717, 1.165) is 5.56 Å². The summed E-state index contributed by atoms with van der Waals surface area (Å²) in [5.74, 6) is 1.48. The van der Waals surface area contributed by atoms with Crippen molar-refractivity contribution in [3.05, 3.63) is 80.9 Å². The minimum atomic E-state index is -3.94. The first-order valence-electron chi connectivity index (χ1n) is 11.5. The molecule has 1 amide bonds. The molecule has 12 heteroatoms. The van der Waals surface area contributed by atoms with Crippen LogP contribution in [0.2, 0.25) is 0 Å². The van der Waals surface area contributed by atoms with Crippen LogP contribution in [0.1, 0.15) is 29.2 Å². The van der Waals surface area contributed by atoms with Crippen LogP contribution in [0.25, 0.3) is 0 Å². The lowest BCUT2D eigenvalue weighted by atomic mass is 9.95. The average molecular weight is 687 g/mol. The number of ether oxygens (including phenoxy) is 3. The van der Waals surface area contributed by atoms with Crippen LogP contribution in [0.4, 0.5) is 0 Å². The van der Waals surface area contributed by atoms with E-state index in [-0.39, 0.29) is 17.2 Å². The number of halogens is 1. The van der Waals surface area contributed by atoms with Gasteiger partial charge in [-0.1, -0.05) is 36.1 Å². The van der Waals surface area contributed by atoms with Gasteiger partial charge in [-0.25, -0.2) is 8.42 Å². The Morgan fingerprint density at radius 1 is 1.00 bits per heavy atom. The fourth-order valence-electron chi connectivity index (χ4n) is 3.86. The Kier molecular flexibility index (Phi) is 11.3. The highest BCUT2D eigenvalue weighted by Gasteiger charge is 2.28. The van der Waals surface area contributed by atoms with E-state index < -0.39 is 16.1 Å². The number of carbonyl (C=O) groups excluding carboxylic acids is 1. The molecule has 0 radical (unpaired) electrons. The van der Waals surface area contributed by atoms with Crippen LogP contribution in [-0.4, -0.2) is 41.9 Å². The first-order chi connectivity index (χ1) is 18.2. The van der Waals surface area contributed by atoms with Crippen molar-refractivity contribution in [3.63, 3.8) is 0 Å². The third-order valence-corrected chi connectivity index (χ3v) is 9.22. The number of methoxy groups -OCH3 is 3. The highest BCUT2D eigenvalue weighted by atomic mass is 127. The molecule has 0 saturated heterocycles. The number of hydrogen-bond donors (Lipinski definition) is 2. The summed E-state index contributed by atoms with van der Waals surface area (Å²) in [4.78, 5) is 12.4. The van der Waals surface area contributed by atoms with Gasteiger partial charge in [0.05, 0.1) is 38.6 Å². The molecule has 3 aromatic rings. The Hall–Kier alpha value is -2.31. The van der Waals surface area contributed by atoms with Gasteiger partial charge in [0, 0.05) is 21.6 Å². The van der Waals surface area contributed by atoms with Crippen molar-refractivity contribution < 1.29 is 27.4 Å². The Labute approximate surface area is 243 Å². The van der Waals surface area contributed by atoms with Gasteiger partial charge in [0.1, 0.15) is 17.2 Å². The largest absolute Gasteiger partial charge is 0.497 e. The van der Waals surface area contributed by atoms with E-state index in [0.29, 0.717) is 52.0 Å². The van der Waals surface area contributed by atoms with E-state index in [1.165, 1.54) is 14.2 Å². The summed E-state index contributed by atoms with van der Waals surface area (Å²) in [6.07, 6.45) is 0.992. The number of aryl methyl sites for hydroxylation is 1. The zero-order valence-electron chi connectivity index (χ0n) is 21.1. The first kappa shape index (κ1) is 30.2. The van der Waals surface area contributed by atoms with Gasteiger partial charge in [0.25, 0.3) is 0 Å². The molecule has 38 heavy (non-hydrogen) atoms. The van der Waals surface area contributed by atoms with E-state index in [9.17, 15) is 13.2 Å². The molecule has 0 aromatic heterocycles. The van der Waals surface area contributed by atoms with Gasteiger partial charge < -0.3 is 19.5 Å². The first-order valence-corrected chi connectivity index (χ1v) is 16.1. The number of benzene rings is 3. The van der Waals surface area contributed by atoms with Crippen molar-refractivity contribution in [1.29, 1.82) is 0 Å². The highest BCUT2D eigenvalue weighted by Crippen LogP contribution is 2.37. The molecule has 1 atom stereocenters. The van der Waals surface area contributed by atoms with Gasteiger partial charge in [0.2, 0.25) is 15.9 Å². The van der Waals surface area contributed by atoms with Crippen LogP contribution in [0.3, 0.4) is 0 Å². The Morgan fingerprint density at radius 2 is 1.68 bits per heavy atom. The molecule has 3 aromatic carbocycles. The van der Waals surface area contributed by atoms with E-state index in [2.05, 4.69) is 10.0 Å². The Morgan fingerprint density at radius 3 is 2.29 bits per heavy atom. The summed E-state index contributed by atoms with van der Waals surface area (Å²) >= 11 is 6.87. The second kappa shape index (κ2) is 14.2. The smallest absolute Gasteiger partial charge is 0.242 e. The van der Waals surface area contributed by atoms with Crippen molar-refractivity contribution in [2.24, 2.45) is 0 Å². The highest BCUT2D eigenvalue weighted by molar-refractivity contribution is 14.1. The molecule has 0 spiro atoms. The lowest BCUT2D eigenvalue weighted by molar-refractivity contribution is -0.120. The van der Waals surface area contributed by atoms with E-state index in [4.69, 9.17) is 26.0 Å². The Bertz CT molecular complexity index is 1390. The molecule has 0 aliphatic carbocycles. The van der Waals surface area contributed by atoms with E-state index in [1.54, 1.807) is 61.7 Å². The standard InChI is InChI=1S/C26H28IN2O6PS2/c1-33-19-11-8-17(9-12-19)26(29-38(31,32)24-7-5-4-6-21(24)27)20-14-18(10-13-25(30)28-16-36-37)22(34-2)15-23(20)35-3/h4-9,11-12,14-15,26,29H,10,13,16H2,1-3H3,(H,28,30). The molecule has 2 N–H and O–H groups in total. The summed E-state index contributed by atoms with van der Waals surface area (Å²) in [5.41, 5.74) is 1.99. The van der Waals surface area contributed by atoms with Crippen molar-refractivity contribution >= 4 is 57.7 Å². The minimum Gasteiger partial charge on any atom is -0.497 e. The summed E-state index contributed by atoms with van der Waals surface area (Å²) in [6, 6.07) is 16.6. The molecule has 1 unspecified atom stereocenters. The monoisotopic (exact) mass is 686 g/mol. The third kappa shape index (κ3) is 7.63. The predicted octanol–water partition coefficient (Wildman–Crippen LogP) is 4.80. The van der Waals surface area contributed by atoms with Gasteiger partial charge in [0.15, 0.2) is 0 Å². The minimum absolute atomic E-state index is 0.132. The van der Waals surface area contributed by atoms with Gasteiger partial charge in [-0.2, -0.15) is 4.72 Å². The Balaban J connectivity index is 2.12. The number of nitrogens with one attached hydrogen (secondary N) is 2. The summed E-state index contributed by atoms with van der Waals surface area (Å²) in [6.45, 7) is 0.